The number of halogens is 4. The SMILES string of the molecule is Fc1ccc(Br)cc1.Fc1ccccc1Cl. The van der Waals surface area contributed by atoms with Crippen LogP contribution >= 0.6 is 27.5 Å². The Hall–Kier alpha value is -0.930. The molecule has 0 atom stereocenters. The van der Waals surface area contributed by atoms with Crippen molar-refractivity contribution in [3.8, 4) is 0 Å². The average Bonchev–Trinajstić information content (AvgIpc) is 2.28. The molecule has 0 amide bonds. The lowest BCUT2D eigenvalue weighted by Gasteiger charge is -1.86. The summed E-state index contributed by atoms with van der Waals surface area (Å²) in [4.78, 5) is 0. The van der Waals surface area contributed by atoms with Crippen LogP contribution in [0.3, 0.4) is 0 Å². The largest absolute Gasteiger partial charge is 0.207 e. The van der Waals surface area contributed by atoms with Crippen LogP contribution in [0.4, 0.5) is 8.78 Å². The second-order valence-corrected chi connectivity index (χ2v) is 4.17. The number of rotatable bonds is 0. The first-order valence-electron chi connectivity index (χ1n) is 4.40. The molecule has 16 heavy (non-hydrogen) atoms. The Balaban J connectivity index is 0.000000160. The molecule has 0 bridgehead atoms. The minimum atomic E-state index is -0.367. The molecule has 0 nitrogen and oxygen atoms in total. The minimum absolute atomic E-state index is 0.174. The second kappa shape index (κ2) is 6.61. The Morgan fingerprint density at radius 1 is 0.875 bits per heavy atom. The first-order chi connectivity index (χ1) is 7.59. The second-order valence-electron chi connectivity index (χ2n) is 2.85. The third-order valence-electron chi connectivity index (χ3n) is 1.63. The van der Waals surface area contributed by atoms with Gasteiger partial charge in [0.15, 0.2) is 0 Å². The first-order valence-corrected chi connectivity index (χ1v) is 5.58. The van der Waals surface area contributed by atoms with E-state index in [1.807, 2.05) is 0 Å². The fraction of sp³-hybridized carbons (Fsp3) is 0. The van der Waals surface area contributed by atoms with Gasteiger partial charge in [0.1, 0.15) is 11.6 Å². The van der Waals surface area contributed by atoms with Crippen molar-refractivity contribution in [1.29, 1.82) is 0 Å². The maximum atomic E-state index is 12.2. The van der Waals surface area contributed by atoms with Gasteiger partial charge in [-0.05, 0) is 36.4 Å². The molecular formula is C12H8BrClF2. The van der Waals surface area contributed by atoms with Crippen molar-refractivity contribution in [3.63, 3.8) is 0 Å². The van der Waals surface area contributed by atoms with E-state index in [0.717, 1.165) is 4.47 Å². The van der Waals surface area contributed by atoms with Crippen LogP contribution in [-0.4, -0.2) is 0 Å². The topological polar surface area (TPSA) is 0 Å². The molecule has 0 fully saturated rings. The predicted octanol–water partition coefficient (Wildman–Crippen LogP) is 5.07. The van der Waals surface area contributed by atoms with E-state index < -0.39 is 0 Å². The third-order valence-corrected chi connectivity index (χ3v) is 2.46. The normalized spacial score (nSPS) is 9.25. The Labute approximate surface area is 106 Å². The van der Waals surface area contributed by atoms with E-state index in [1.165, 1.54) is 24.3 Å². The summed E-state index contributed by atoms with van der Waals surface area (Å²) < 4.78 is 25.2. The maximum Gasteiger partial charge on any atom is 0.141 e. The van der Waals surface area contributed by atoms with Gasteiger partial charge in [0, 0.05) is 4.47 Å². The lowest BCUT2D eigenvalue weighted by Crippen LogP contribution is -1.70. The Morgan fingerprint density at radius 3 is 1.81 bits per heavy atom. The highest BCUT2D eigenvalue weighted by molar-refractivity contribution is 9.10. The molecule has 2 aromatic carbocycles. The molecule has 4 heteroatoms. The summed E-state index contributed by atoms with van der Waals surface area (Å²) in [6, 6.07) is 12.3. The molecule has 0 aliphatic carbocycles. The first kappa shape index (κ1) is 13.1. The van der Waals surface area contributed by atoms with Gasteiger partial charge in [-0.1, -0.05) is 39.7 Å². The average molecular weight is 306 g/mol. The molecule has 2 aromatic rings. The molecule has 0 spiro atoms. The molecule has 0 aliphatic rings. The zero-order valence-corrected chi connectivity index (χ0v) is 10.5. The van der Waals surface area contributed by atoms with Gasteiger partial charge < -0.3 is 0 Å². The highest BCUT2D eigenvalue weighted by Gasteiger charge is 1.91. The van der Waals surface area contributed by atoms with Crippen molar-refractivity contribution in [2.24, 2.45) is 0 Å². The zero-order chi connectivity index (χ0) is 12.0. The molecule has 0 heterocycles. The highest BCUT2D eigenvalue weighted by Crippen LogP contribution is 2.11. The number of hydrogen-bond acceptors (Lipinski definition) is 0. The van der Waals surface area contributed by atoms with Crippen LogP contribution in [0, 0.1) is 11.6 Å². The van der Waals surface area contributed by atoms with Gasteiger partial charge in [-0.15, -0.1) is 0 Å². The summed E-state index contributed by atoms with van der Waals surface area (Å²) in [5, 5.41) is 0.174. The van der Waals surface area contributed by atoms with Crippen molar-refractivity contribution in [2.45, 2.75) is 0 Å². The van der Waals surface area contributed by atoms with E-state index in [2.05, 4.69) is 15.9 Å². The van der Waals surface area contributed by atoms with Gasteiger partial charge in [0.2, 0.25) is 0 Å². The van der Waals surface area contributed by atoms with E-state index in [1.54, 1.807) is 24.3 Å². The Morgan fingerprint density at radius 2 is 1.44 bits per heavy atom. The predicted molar refractivity (Wildman–Crippen MR) is 65.5 cm³/mol. The maximum absolute atomic E-state index is 12.2. The molecular weight excluding hydrogens is 297 g/mol. The molecule has 0 saturated heterocycles. The van der Waals surface area contributed by atoms with Crippen LogP contribution in [0.15, 0.2) is 53.0 Å². The van der Waals surface area contributed by atoms with Crippen LogP contribution < -0.4 is 0 Å². The van der Waals surface area contributed by atoms with Crippen LogP contribution in [0.5, 0.6) is 0 Å². The summed E-state index contributed by atoms with van der Waals surface area (Å²) >= 11 is 8.51. The molecule has 0 aromatic heterocycles. The zero-order valence-electron chi connectivity index (χ0n) is 8.13. The lowest BCUT2D eigenvalue weighted by molar-refractivity contribution is 0.627. The molecule has 84 valence electrons. The van der Waals surface area contributed by atoms with Gasteiger partial charge in [-0.25, -0.2) is 8.78 Å². The van der Waals surface area contributed by atoms with Gasteiger partial charge in [0.25, 0.3) is 0 Å². The monoisotopic (exact) mass is 304 g/mol. The van der Waals surface area contributed by atoms with E-state index in [4.69, 9.17) is 11.6 Å². The van der Waals surface area contributed by atoms with Gasteiger partial charge in [-0.2, -0.15) is 0 Å². The van der Waals surface area contributed by atoms with Crippen LogP contribution in [0.25, 0.3) is 0 Å². The summed E-state index contributed by atoms with van der Waals surface area (Å²) in [5.74, 6) is -0.567. The van der Waals surface area contributed by atoms with E-state index in [9.17, 15) is 8.78 Å². The van der Waals surface area contributed by atoms with E-state index in [-0.39, 0.29) is 16.7 Å². The molecule has 0 aliphatic heterocycles. The third kappa shape index (κ3) is 4.73. The van der Waals surface area contributed by atoms with Crippen molar-refractivity contribution < 1.29 is 8.78 Å². The van der Waals surface area contributed by atoms with E-state index in [0.29, 0.717) is 0 Å². The number of hydrogen-bond donors (Lipinski definition) is 0. The summed E-state index contributed by atoms with van der Waals surface area (Å²) in [6.07, 6.45) is 0. The van der Waals surface area contributed by atoms with Crippen molar-refractivity contribution in [3.05, 3.63) is 69.7 Å². The van der Waals surface area contributed by atoms with Crippen LogP contribution in [0.1, 0.15) is 0 Å². The van der Waals surface area contributed by atoms with Gasteiger partial charge in [-0.3, -0.25) is 0 Å². The smallest absolute Gasteiger partial charge is 0.141 e. The van der Waals surface area contributed by atoms with Gasteiger partial charge in [0.05, 0.1) is 5.02 Å². The Bertz CT molecular complexity index is 401. The van der Waals surface area contributed by atoms with Crippen LogP contribution in [-0.2, 0) is 0 Å². The van der Waals surface area contributed by atoms with Gasteiger partial charge >= 0.3 is 0 Å². The molecule has 0 radical (unpaired) electrons. The fourth-order valence-electron chi connectivity index (χ4n) is 0.869. The molecule has 0 N–H and O–H groups in total. The summed E-state index contributed by atoms with van der Waals surface area (Å²) in [5.41, 5.74) is 0. The lowest BCUT2D eigenvalue weighted by atomic mass is 10.4. The van der Waals surface area contributed by atoms with Crippen molar-refractivity contribution in [1.82, 2.24) is 0 Å². The Kier molecular flexibility index (Phi) is 5.43. The highest BCUT2D eigenvalue weighted by atomic mass is 79.9. The quantitative estimate of drug-likeness (QED) is 0.637. The fourth-order valence-corrected chi connectivity index (χ4v) is 1.27. The molecule has 2 rings (SSSR count). The van der Waals surface area contributed by atoms with Crippen molar-refractivity contribution >= 4 is 27.5 Å². The van der Waals surface area contributed by atoms with Crippen LogP contribution in [0.2, 0.25) is 5.02 Å². The summed E-state index contributed by atoms with van der Waals surface area (Å²) in [6.45, 7) is 0. The number of benzene rings is 2. The minimum Gasteiger partial charge on any atom is -0.207 e. The molecule has 0 unspecified atom stereocenters. The van der Waals surface area contributed by atoms with E-state index >= 15 is 0 Å². The standard InChI is InChI=1S/C6H4BrF.C6H4ClF/c7-5-1-3-6(8)4-2-5;7-5-3-1-2-4-6(5)8/h2*1-4H. The molecule has 0 saturated carbocycles. The van der Waals surface area contributed by atoms with Crippen molar-refractivity contribution in [2.75, 3.05) is 0 Å². The summed E-state index contributed by atoms with van der Waals surface area (Å²) in [7, 11) is 0.